The van der Waals surface area contributed by atoms with E-state index in [0.29, 0.717) is 17.7 Å². The van der Waals surface area contributed by atoms with Crippen molar-refractivity contribution in [3.05, 3.63) is 75.1 Å². The molecule has 1 heterocycles. The molecule has 162 valence electrons. The third-order valence-electron chi connectivity index (χ3n) is 5.33. The van der Waals surface area contributed by atoms with Gasteiger partial charge in [0.2, 0.25) is 5.91 Å². The highest BCUT2D eigenvalue weighted by Gasteiger charge is 2.23. The predicted molar refractivity (Wildman–Crippen MR) is 123 cm³/mol. The quantitative estimate of drug-likeness (QED) is 0.587. The fourth-order valence-electron chi connectivity index (χ4n) is 3.98. The van der Waals surface area contributed by atoms with Crippen LogP contribution in [0.4, 0.5) is 5.69 Å². The lowest BCUT2D eigenvalue weighted by Gasteiger charge is -2.22. The topological polar surface area (TPSA) is 77.4 Å². The number of carbonyl (C=O) groups is 2. The van der Waals surface area contributed by atoms with E-state index in [2.05, 4.69) is 5.32 Å². The first-order valence-corrected chi connectivity index (χ1v) is 10.5. The van der Waals surface area contributed by atoms with Gasteiger partial charge in [-0.25, -0.2) is 4.79 Å². The van der Waals surface area contributed by atoms with Crippen molar-refractivity contribution in [2.24, 2.45) is 0 Å². The Hall–Kier alpha value is -3.41. The van der Waals surface area contributed by atoms with Gasteiger partial charge in [0.1, 0.15) is 6.04 Å². The summed E-state index contributed by atoms with van der Waals surface area (Å²) in [5, 5.41) is 3.83. The molecule has 1 unspecified atom stereocenters. The van der Waals surface area contributed by atoms with Crippen molar-refractivity contribution < 1.29 is 14.3 Å². The Morgan fingerprint density at radius 3 is 2.45 bits per heavy atom. The Labute approximate surface area is 181 Å². The number of amides is 1. The fraction of sp³-hybridized carbons (Fsp3) is 0.320. The average molecular weight is 421 g/mol. The van der Waals surface area contributed by atoms with Crippen molar-refractivity contribution >= 4 is 28.5 Å². The van der Waals surface area contributed by atoms with E-state index in [4.69, 9.17) is 4.74 Å². The highest BCUT2D eigenvalue weighted by atomic mass is 16.5. The molecule has 0 fully saturated rings. The number of fused-ring (bicyclic) bond motifs is 1. The summed E-state index contributed by atoms with van der Waals surface area (Å²) < 4.78 is 6.61. The van der Waals surface area contributed by atoms with E-state index < -0.39 is 12.0 Å². The smallest absolute Gasteiger partial charge is 0.338 e. The average Bonchev–Trinajstić information content (AvgIpc) is 2.71. The Bertz CT molecular complexity index is 1210. The summed E-state index contributed by atoms with van der Waals surface area (Å²) in [6.45, 7) is 9.77. The molecule has 31 heavy (non-hydrogen) atoms. The Balaban J connectivity index is 2.03. The normalized spacial score (nSPS) is 11.9. The number of nitrogens with one attached hydrogen (secondary N) is 1. The van der Waals surface area contributed by atoms with E-state index in [-0.39, 0.29) is 18.1 Å². The molecule has 0 aliphatic heterocycles. The van der Waals surface area contributed by atoms with E-state index in [0.717, 1.165) is 27.6 Å². The molecule has 0 radical (unpaired) electrons. The van der Waals surface area contributed by atoms with Crippen molar-refractivity contribution in [1.82, 2.24) is 4.57 Å². The second-order valence-corrected chi connectivity index (χ2v) is 7.73. The van der Waals surface area contributed by atoms with Crippen LogP contribution in [-0.2, 0) is 9.53 Å². The third-order valence-corrected chi connectivity index (χ3v) is 5.33. The van der Waals surface area contributed by atoms with E-state index in [1.807, 2.05) is 39.8 Å². The second-order valence-electron chi connectivity index (χ2n) is 7.73. The largest absolute Gasteiger partial charge is 0.462 e. The summed E-state index contributed by atoms with van der Waals surface area (Å²) in [5.41, 5.74) is 4.35. The number of rotatable bonds is 6. The molecule has 0 aliphatic carbocycles. The van der Waals surface area contributed by atoms with E-state index in [1.54, 1.807) is 41.8 Å². The molecule has 3 rings (SSSR count). The van der Waals surface area contributed by atoms with Gasteiger partial charge in [-0.3, -0.25) is 14.2 Å². The molecular weight excluding hydrogens is 392 g/mol. The lowest BCUT2D eigenvalue weighted by molar-refractivity contribution is -0.119. The number of ether oxygens (including phenoxy) is 1. The lowest BCUT2D eigenvalue weighted by atomic mass is 10.0. The molecule has 1 atom stereocenters. The number of aryl methyl sites for hydroxylation is 3. The van der Waals surface area contributed by atoms with Crippen LogP contribution >= 0.6 is 0 Å². The molecule has 0 saturated heterocycles. The van der Waals surface area contributed by atoms with Crippen LogP contribution < -0.4 is 10.9 Å². The van der Waals surface area contributed by atoms with Gasteiger partial charge in [0.05, 0.1) is 17.7 Å². The minimum absolute atomic E-state index is 0.209. The first kappa shape index (κ1) is 22.3. The number of anilines is 1. The molecule has 6 nitrogen and oxygen atoms in total. The van der Waals surface area contributed by atoms with Crippen LogP contribution in [0.3, 0.4) is 0 Å². The van der Waals surface area contributed by atoms with Gasteiger partial charge in [-0.2, -0.15) is 0 Å². The van der Waals surface area contributed by atoms with Crippen molar-refractivity contribution in [3.8, 4) is 0 Å². The van der Waals surface area contributed by atoms with Crippen LogP contribution in [-0.4, -0.2) is 23.1 Å². The van der Waals surface area contributed by atoms with Crippen molar-refractivity contribution in [2.75, 3.05) is 11.9 Å². The zero-order chi connectivity index (χ0) is 22.7. The predicted octanol–water partition coefficient (Wildman–Crippen LogP) is 4.69. The van der Waals surface area contributed by atoms with Gasteiger partial charge in [-0.05, 0) is 69.5 Å². The van der Waals surface area contributed by atoms with Gasteiger partial charge in [-0.15, -0.1) is 0 Å². The fourth-order valence-corrected chi connectivity index (χ4v) is 3.98. The minimum Gasteiger partial charge on any atom is -0.462 e. The lowest BCUT2D eigenvalue weighted by Crippen LogP contribution is -2.33. The van der Waals surface area contributed by atoms with Crippen LogP contribution in [0.5, 0.6) is 0 Å². The summed E-state index contributed by atoms with van der Waals surface area (Å²) in [5.74, 6) is -0.756. The Kier molecular flexibility index (Phi) is 6.59. The molecule has 6 heteroatoms. The summed E-state index contributed by atoms with van der Waals surface area (Å²) in [6.07, 6.45) is 0.439. The van der Waals surface area contributed by atoms with Gasteiger partial charge in [0.25, 0.3) is 5.56 Å². The van der Waals surface area contributed by atoms with E-state index >= 15 is 0 Å². The van der Waals surface area contributed by atoms with Crippen molar-refractivity contribution in [2.45, 2.75) is 47.1 Å². The summed E-state index contributed by atoms with van der Waals surface area (Å²) in [7, 11) is 0. The molecule has 0 bridgehead atoms. The van der Waals surface area contributed by atoms with Crippen LogP contribution in [0, 0.1) is 20.8 Å². The number of aromatic nitrogens is 1. The van der Waals surface area contributed by atoms with Crippen LogP contribution in [0.15, 0.2) is 47.3 Å². The molecular formula is C25H28N2O4. The molecule has 1 amide bonds. The second kappa shape index (κ2) is 9.16. The SMILES string of the molecule is CCOC(=O)c1cccc(NC(=O)C(CC)n2c(=O)cc(C)c3cc(C)cc(C)c32)c1. The first-order valence-electron chi connectivity index (χ1n) is 10.5. The maximum absolute atomic E-state index is 13.2. The number of hydrogen-bond acceptors (Lipinski definition) is 4. The molecule has 3 aromatic rings. The number of benzene rings is 2. The zero-order valence-corrected chi connectivity index (χ0v) is 18.6. The standard InChI is InChI=1S/C25H28N2O4/c1-6-21(24(29)26-19-10-8-9-18(14-19)25(30)31-7-2)27-22(28)13-16(4)20-12-15(3)11-17(5)23(20)27/h8-14,21H,6-7H2,1-5H3,(H,26,29). The van der Waals surface area contributed by atoms with E-state index in [1.165, 1.54) is 0 Å². The van der Waals surface area contributed by atoms with Crippen molar-refractivity contribution in [1.29, 1.82) is 0 Å². The van der Waals surface area contributed by atoms with Gasteiger partial charge in [0.15, 0.2) is 0 Å². The van der Waals surface area contributed by atoms with Crippen LogP contribution in [0.25, 0.3) is 10.9 Å². The number of carbonyl (C=O) groups excluding carboxylic acids is 2. The summed E-state index contributed by atoms with van der Waals surface area (Å²) in [6, 6.07) is 11.6. The van der Waals surface area contributed by atoms with Gasteiger partial charge < -0.3 is 10.1 Å². The molecule has 0 aliphatic rings. The number of hydrogen-bond donors (Lipinski definition) is 1. The van der Waals surface area contributed by atoms with Gasteiger partial charge >= 0.3 is 5.97 Å². The van der Waals surface area contributed by atoms with Crippen LogP contribution in [0.1, 0.15) is 53.4 Å². The Morgan fingerprint density at radius 1 is 1.03 bits per heavy atom. The molecule has 1 aromatic heterocycles. The molecule has 1 N–H and O–H groups in total. The minimum atomic E-state index is -0.691. The maximum Gasteiger partial charge on any atom is 0.338 e. The summed E-state index contributed by atoms with van der Waals surface area (Å²) >= 11 is 0. The highest BCUT2D eigenvalue weighted by molar-refractivity contribution is 5.97. The summed E-state index contributed by atoms with van der Waals surface area (Å²) in [4.78, 5) is 38.2. The van der Waals surface area contributed by atoms with Crippen molar-refractivity contribution in [3.63, 3.8) is 0 Å². The van der Waals surface area contributed by atoms with Crippen LogP contribution in [0.2, 0.25) is 0 Å². The highest BCUT2D eigenvalue weighted by Crippen LogP contribution is 2.26. The number of esters is 1. The van der Waals surface area contributed by atoms with E-state index in [9.17, 15) is 14.4 Å². The number of pyridine rings is 1. The monoisotopic (exact) mass is 420 g/mol. The molecule has 2 aromatic carbocycles. The maximum atomic E-state index is 13.2. The zero-order valence-electron chi connectivity index (χ0n) is 18.6. The van der Waals surface area contributed by atoms with Gasteiger partial charge in [0, 0.05) is 17.1 Å². The number of nitrogens with zero attached hydrogens (tertiary/aromatic N) is 1. The third kappa shape index (κ3) is 4.53. The molecule has 0 spiro atoms. The first-order chi connectivity index (χ1) is 14.8. The van der Waals surface area contributed by atoms with Gasteiger partial charge in [-0.1, -0.05) is 24.6 Å². The Morgan fingerprint density at radius 2 is 1.77 bits per heavy atom. The molecule has 0 saturated carbocycles.